The summed E-state index contributed by atoms with van der Waals surface area (Å²) in [6, 6.07) is 7.80. The van der Waals surface area contributed by atoms with E-state index in [1.165, 1.54) is 67.5 Å². The average molecular weight is 424 g/mol. The Labute approximate surface area is 186 Å². The molecule has 1 N–H and O–H groups in total. The van der Waals surface area contributed by atoms with Crippen LogP contribution in [-0.4, -0.2) is 72.8 Å². The van der Waals surface area contributed by atoms with Gasteiger partial charge in [0.2, 0.25) is 0 Å². The summed E-state index contributed by atoms with van der Waals surface area (Å²) in [6.07, 6.45) is 9.56. The molecule has 2 fully saturated rings. The van der Waals surface area contributed by atoms with Crippen LogP contribution in [0.3, 0.4) is 0 Å². The summed E-state index contributed by atoms with van der Waals surface area (Å²) >= 11 is 0. The number of amides is 2. The summed E-state index contributed by atoms with van der Waals surface area (Å²) in [4.78, 5) is 18.9. The van der Waals surface area contributed by atoms with E-state index in [0.717, 1.165) is 25.3 Å². The lowest BCUT2D eigenvalue weighted by atomic mass is 9.84. The Morgan fingerprint density at radius 2 is 1.97 bits per heavy atom. The van der Waals surface area contributed by atoms with Gasteiger partial charge in [-0.2, -0.15) is 0 Å². The molecule has 3 heterocycles. The predicted octanol–water partition coefficient (Wildman–Crippen LogP) is 3.45. The average Bonchev–Trinajstić information content (AvgIpc) is 3.09. The van der Waals surface area contributed by atoms with Crippen LogP contribution in [0.5, 0.6) is 0 Å². The molecule has 3 aliphatic rings. The Balaban J connectivity index is 1.13. The van der Waals surface area contributed by atoms with E-state index in [2.05, 4.69) is 51.1 Å². The van der Waals surface area contributed by atoms with Gasteiger partial charge in [-0.25, -0.2) is 4.79 Å². The van der Waals surface area contributed by atoms with Crippen molar-refractivity contribution in [1.82, 2.24) is 19.7 Å². The van der Waals surface area contributed by atoms with E-state index in [0.29, 0.717) is 12.1 Å². The maximum Gasteiger partial charge on any atom is 0.317 e. The lowest BCUT2D eigenvalue weighted by molar-refractivity contribution is 0.184. The molecule has 2 amide bonds. The van der Waals surface area contributed by atoms with Crippen LogP contribution < -0.4 is 10.2 Å². The number of aryl methyl sites for hydroxylation is 1. The number of fused-ring (bicyclic) bond motifs is 2. The number of hydrogen-bond donors (Lipinski definition) is 1. The fourth-order valence-electron chi connectivity index (χ4n) is 6.05. The molecule has 1 unspecified atom stereocenters. The Hall–Kier alpha value is -2.21. The van der Waals surface area contributed by atoms with Gasteiger partial charge < -0.3 is 19.7 Å². The van der Waals surface area contributed by atoms with Gasteiger partial charge in [0.05, 0.1) is 5.52 Å². The van der Waals surface area contributed by atoms with Crippen LogP contribution in [0.1, 0.15) is 37.7 Å². The van der Waals surface area contributed by atoms with Crippen molar-refractivity contribution in [3.63, 3.8) is 0 Å². The minimum atomic E-state index is 0.0473. The summed E-state index contributed by atoms with van der Waals surface area (Å²) in [5, 5.41) is 4.64. The minimum Gasteiger partial charge on any atom is -0.365 e. The number of piperazine rings is 1. The second-order valence-electron chi connectivity index (χ2n) is 10.1. The molecule has 0 radical (unpaired) electrons. The van der Waals surface area contributed by atoms with Crippen LogP contribution in [0.4, 0.5) is 10.5 Å². The first-order valence-corrected chi connectivity index (χ1v) is 12.0. The van der Waals surface area contributed by atoms with Gasteiger partial charge >= 0.3 is 6.03 Å². The number of hydrogen-bond acceptors (Lipinski definition) is 3. The molecule has 0 bridgehead atoms. The van der Waals surface area contributed by atoms with Crippen molar-refractivity contribution in [2.45, 2.75) is 50.6 Å². The molecule has 6 heteroatoms. The third-order valence-electron chi connectivity index (χ3n) is 7.84. The monoisotopic (exact) mass is 423 g/mol. The van der Waals surface area contributed by atoms with Crippen LogP contribution in [0.2, 0.25) is 0 Å². The predicted molar refractivity (Wildman–Crippen MR) is 127 cm³/mol. The summed E-state index contributed by atoms with van der Waals surface area (Å²) in [5.74, 6) is 0.811. The maximum atomic E-state index is 11.9. The van der Waals surface area contributed by atoms with Gasteiger partial charge in [-0.1, -0.05) is 6.07 Å². The van der Waals surface area contributed by atoms with E-state index in [1.807, 2.05) is 14.1 Å². The van der Waals surface area contributed by atoms with Gasteiger partial charge in [0, 0.05) is 70.1 Å². The quantitative estimate of drug-likeness (QED) is 0.819. The maximum absolute atomic E-state index is 11.9. The Bertz CT molecular complexity index is 943. The summed E-state index contributed by atoms with van der Waals surface area (Å²) in [5.41, 5.74) is 4.34. The topological polar surface area (TPSA) is 43.8 Å². The third kappa shape index (κ3) is 4.02. The Morgan fingerprint density at radius 1 is 1.16 bits per heavy atom. The number of benzene rings is 1. The zero-order valence-electron chi connectivity index (χ0n) is 19.3. The molecule has 5 rings (SSSR count). The lowest BCUT2D eigenvalue weighted by Crippen LogP contribution is -2.55. The molecule has 6 nitrogen and oxygen atoms in total. The van der Waals surface area contributed by atoms with Crippen LogP contribution in [-0.2, 0) is 13.5 Å². The molecule has 1 aliphatic carbocycles. The number of nitrogens with one attached hydrogen (secondary N) is 1. The molecule has 2 aliphatic heterocycles. The Morgan fingerprint density at radius 3 is 2.74 bits per heavy atom. The molecular formula is C25H37N5O. The smallest absolute Gasteiger partial charge is 0.317 e. The zero-order valence-corrected chi connectivity index (χ0v) is 19.3. The van der Waals surface area contributed by atoms with Crippen molar-refractivity contribution in [2.24, 2.45) is 13.0 Å². The van der Waals surface area contributed by atoms with Crippen molar-refractivity contribution < 1.29 is 4.79 Å². The van der Waals surface area contributed by atoms with Crippen molar-refractivity contribution >= 4 is 22.6 Å². The van der Waals surface area contributed by atoms with Crippen molar-refractivity contribution in [2.75, 3.05) is 45.2 Å². The van der Waals surface area contributed by atoms with Crippen LogP contribution in [0, 0.1) is 5.92 Å². The van der Waals surface area contributed by atoms with Crippen LogP contribution in [0.25, 0.3) is 10.9 Å². The largest absolute Gasteiger partial charge is 0.365 e. The molecule has 1 saturated heterocycles. The first kappa shape index (κ1) is 20.7. The molecular weight excluding hydrogens is 386 g/mol. The number of carbonyl (C=O) groups is 1. The third-order valence-corrected chi connectivity index (χ3v) is 7.84. The number of carbonyl (C=O) groups excluding carboxylic acids is 1. The van der Waals surface area contributed by atoms with Gasteiger partial charge in [0.25, 0.3) is 0 Å². The highest BCUT2D eigenvalue weighted by atomic mass is 16.2. The van der Waals surface area contributed by atoms with Gasteiger partial charge in [-0.3, -0.25) is 4.90 Å². The summed E-state index contributed by atoms with van der Waals surface area (Å²) in [7, 11) is 5.80. The van der Waals surface area contributed by atoms with Crippen LogP contribution in [0.15, 0.2) is 24.4 Å². The first-order valence-electron chi connectivity index (χ1n) is 12.0. The molecule has 1 aromatic heterocycles. The van der Waals surface area contributed by atoms with Crippen molar-refractivity contribution in [3.05, 3.63) is 30.0 Å². The van der Waals surface area contributed by atoms with Gasteiger partial charge in [-0.05, 0) is 68.7 Å². The van der Waals surface area contributed by atoms with E-state index in [4.69, 9.17) is 0 Å². The highest BCUT2D eigenvalue weighted by Gasteiger charge is 2.33. The summed E-state index contributed by atoms with van der Waals surface area (Å²) < 4.78 is 2.29. The molecule has 2 aromatic rings. The minimum absolute atomic E-state index is 0.0473. The molecule has 0 spiro atoms. The molecule has 168 valence electrons. The normalized spacial score (nSPS) is 26.0. The highest BCUT2D eigenvalue weighted by molar-refractivity contribution is 5.97. The fraction of sp³-hybridized carbons (Fsp3) is 0.640. The number of anilines is 1. The highest BCUT2D eigenvalue weighted by Crippen LogP contribution is 2.38. The number of urea groups is 1. The van der Waals surface area contributed by atoms with E-state index >= 15 is 0 Å². The van der Waals surface area contributed by atoms with Gasteiger partial charge in [-0.15, -0.1) is 0 Å². The molecule has 31 heavy (non-hydrogen) atoms. The van der Waals surface area contributed by atoms with Crippen molar-refractivity contribution in [1.29, 1.82) is 0 Å². The molecule has 1 saturated carbocycles. The number of rotatable bonds is 4. The first-order chi connectivity index (χ1) is 15.0. The van der Waals surface area contributed by atoms with E-state index in [-0.39, 0.29) is 6.03 Å². The second-order valence-corrected chi connectivity index (χ2v) is 10.1. The number of nitrogens with zero attached hydrogens (tertiary/aromatic N) is 4. The van der Waals surface area contributed by atoms with Crippen molar-refractivity contribution in [3.8, 4) is 0 Å². The zero-order chi connectivity index (χ0) is 21.5. The Kier molecular flexibility index (Phi) is 5.59. The number of aromatic nitrogens is 1. The molecule has 1 atom stereocenters. The van der Waals surface area contributed by atoms with Gasteiger partial charge in [0.1, 0.15) is 0 Å². The second kappa shape index (κ2) is 8.38. The summed E-state index contributed by atoms with van der Waals surface area (Å²) in [6.45, 7) is 4.71. The van der Waals surface area contributed by atoms with Crippen LogP contribution >= 0.6 is 0 Å². The fourth-order valence-corrected chi connectivity index (χ4v) is 6.05. The SMILES string of the molecule is CN(C)C(=O)NC1CCC(CCN2CCN3c4cccc5c4c(cn5C)CC3C2)CC1. The molecule has 1 aromatic carbocycles. The van der Waals surface area contributed by atoms with Gasteiger partial charge in [0.15, 0.2) is 0 Å². The van der Waals surface area contributed by atoms with E-state index in [9.17, 15) is 4.79 Å². The lowest BCUT2D eigenvalue weighted by Gasteiger charge is -2.45. The van der Waals surface area contributed by atoms with E-state index < -0.39 is 0 Å². The standard InChI is InChI=1S/C25H37N5O/c1-27(2)25(31)26-20-9-7-18(8-10-20)11-12-29-13-14-30-21(17-29)15-19-16-28(3)22-5-4-6-23(30)24(19)22/h4-6,16,18,20-21H,7-15,17H2,1-3H3,(H,26,31). The van der Waals surface area contributed by atoms with E-state index in [1.54, 1.807) is 4.90 Å².